The normalized spacial score (nSPS) is 14.1. The van der Waals surface area contributed by atoms with Crippen molar-refractivity contribution in [3.8, 4) is 0 Å². The Morgan fingerprint density at radius 1 is 1.03 bits per heavy atom. The number of amides is 1. The number of nitro benzene ring substituents is 1. The molecule has 5 rings (SSSR count). The van der Waals surface area contributed by atoms with Gasteiger partial charge in [-0.15, -0.1) is 17.5 Å². The lowest BCUT2D eigenvalue weighted by molar-refractivity contribution is -0.384. The number of nitro groups is 1. The van der Waals surface area contributed by atoms with E-state index in [4.69, 9.17) is 11.6 Å². The third kappa shape index (κ3) is 5.01. The Hall–Kier alpha value is -4.21. The van der Waals surface area contributed by atoms with Gasteiger partial charge in [-0.25, -0.2) is 4.68 Å². The van der Waals surface area contributed by atoms with Crippen LogP contribution in [0.4, 0.5) is 17.6 Å². The van der Waals surface area contributed by atoms with Crippen LogP contribution in [0.5, 0.6) is 0 Å². The SMILES string of the molecule is Cl.O=C(Nc1nc2n(n1)C(c1ccccc1)C=C(c1ccc(Cl)cc1)N2)c1ccc([N+](=O)[O-])cc1. The third-order valence-corrected chi connectivity index (χ3v) is 5.58. The van der Waals surface area contributed by atoms with E-state index < -0.39 is 10.8 Å². The van der Waals surface area contributed by atoms with Crippen LogP contribution in [0.1, 0.15) is 27.5 Å². The minimum atomic E-state index is -0.520. The van der Waals surface area contributed by atoms with E-state index in [1.165, 1.54) is 24.3 Å². The van der Waals surface area contributed by atoms with Gasteiger partial charge in [0.1, 0.15) is 6.04 Å². The van der Waals surface area contributed by atoms with E-state index >= 15 is 0 Å². The first-order chi connectivity index (χ1) is 16.5. The fourth-order valence-corrected chi connectivity index (χ4v) is 3.77. The lowest BCUT2D eigenvalue weighted by atomic mass is 10.0. The molecular weight excluding hydrogens is 491 g/mol. The molecule has 0 fully saturated rings. The van der Waals surface area contributed by atoms with Gasteiger partial charge in [0, 0.05) is 28.4 Å². The topological polar surface area (TPSA) is 115 Å². The molecule has 4 aromatic rings. The zero-order valence-electron chi connectivity index (χ0n) is 18.0. The van der Waals surface area contributed by atoms with E-state index in [0.717, 1.165) is 16.8 Å². The van der Waals surface area contributed by atoms with Crippen LogP contribution >= 0.6 is 24.0 Å². The molecule has 0 radical (unpaired) electrons. The molecule has 1 atom stereocenters. The van der Waals surface area contributed by atoms with Crippen molar-refractivity contribution in [1.29, 1.82) is 0 Å². The zero-order valence-corrected chi connectivity index (χ0v) is 19.5. The summed E-state index contributed by atoms with van der Waals surface area (Å²) < 4.78 is 1.69. The second-order valence-electron chi connectivity index (χ2n) is 7.53. The number of halogens is 2. The van der Waals surface area contributed by atoms with Gasteiger partial charge in [0.25, 0.3) is 17.5 Å². The van der Waals surface area contributed by atoms with Crippen LogP contribution in [0.25, 0.3) is 5.70 Å². The van der Waals surface area contributed by atoms with Crippen molar-refractivity contribution in [2.24, 2.45) is 0 Å². The maximum Gasteiger partial charge on any atom is 0.269 e. The highest BCUT2D eigenvalue weighted by Crippen LogP contribution is 2.33. The average molecular weight is 509 g/mol. The van der Waals surface area contributed by atoms with Gasteiger partial charge in [0.05, 0.1) is 4.92 Å². The summed E-state index contributed by atoms with van der Waals surface area (Å²) in [6.45, 7) is 0. The van der Waals surface area contributed by atoms with Crippen LogP contribution < -0.4 is 10.6 Å². The van der Waals surface area contributed by atoms with Gasteiger partial charge >= 0.3 is 0 Å². The van der Waals surface area contributed by atoms with Crippen molar-refractivity contribution in [2.45, 2.75) is 6.04 Å². The Balaban J connectivity index is 0.00000289. The molecule has 1 aromatic heterocycles. The van der Waals surface area contributed by atoms with Crippen molar-refractivity contribution < 1.29 is 9.72 Å². The molecule has 1 aliphatic heterocycles. The van der Waals surface area contributed by atoms with Crippen LogP contribution in [0.3, 0.4) is 0 Å². The number of hydrogen-bond donors (Lipinski definition) is 2. The van der Waals surface area contributed by atoms with Crippen molar-refractivity contribution in [2.75, 3.05) is 10.6 Å². The highest BCUT2D eigenvalue weighted by Gasteiger charge is 2.26. The van der Waals surface area contributed by atoms with E-state index in [2.05, 4.69) is 20.7 Å². The van der Waals surface area contributed by atoms with Gasteiger partial charge in [-0.3, -0.25) is 20.2 Å². The summed E-state index contributed by atoms with van der Waals surface area (Å²) in [6.07, 6.45) is 2.03. The maximum absolute atomic E-state index is 12.7. The van der Waals surface area contributed by atoms with E-state index in [-0.39, 0.29) is 35.6 Å². The number of nitrogens with one attached hydrogen (secondary N) is 2. The minimum absolute atomic E-state index is 0. The molecule has 0 saturated carbocycles. The summed E-state index contributed by atoms with van der Waals surface area (Å²) in [7, 11) is 0. The maximum atomic E-state index is 12.7. The average Bonchev–Trinajstić information content (AvgIpc) is 3.26. The first-order valence-electron chi connectivity index (χ1n) is 10.3. The van der Waals surface area contributed by atoms with Crippen molar-refractivity contribution in [3.05, 3.63) is 117 Å². The van der Waals surface area contributed by atoms with Crippen LogP contribution in [0.2, 0.25) is 5.02 Å². The smallest absolute Gasteiger partial charge is 0.269 e. The Morgan fingerprint density at radius 3 is 2.37 bits per heavy atom. The fraction of sp³-hybridized carbons (Fsp3) is 0.0417. The van der Waals surface area contributed by atoms with Gasteiger partial charge in [-0.1, -0.05) is 54.1 Å². The standard InChI is InChI=1S/C24H17ClN6O3.ClH/c25-18-10-6-15(7-11-18)20-14-21(16-4-2-1-3-5-16)30-24(26-20)28-23(29-30)27-22(32)17-8-12-19(13-9-17)31(33)34;/h1-14,21H,(H2,26,27,28,29,32);1H. The second-order valence-corrected chi connectivity index (χ2v) is 7.97. The molecule has 2 heterocycles. The van der Waals surface area contributed by atoms with Crippen LogP contribution in [-0.2, 0) is 0 Å². The molecule has 1 unspecified atom stereocenters. The van der Waals surface area contributed by atoms with Crippen molar-refractivity contribution >= 4 is 53.2 Å². The number of hydrogen-bond acceptors (Lipinski definition) is 6. The number of non-ortho nitro benzene ring substituents is 1. The third-order valence-electron chi connectivity index (χ3n) is 5.33. The van der Waals surface area contributed by atoms with Gasteiger partial charge in [0.15, 0.2) is 0 Å². The molecule has 0 saturated heterocycles. The molecule has 3 aromatic carbocycles. The first kappa shape index (κ1) is 23.9. The molecule has 0 bridgehead atoms. The largest absolute Gasteiger partial charge is 0.324 e. The highest BCUT2D eigenvalue weighted by atomic mass is 35.5. The number of fused-ring (bicyclic) bond motifs is 1. The highest BCUT2D eigenvalue weighted by molar-refractivity contribution is 6.30. The summed E-state index contributed by atoms with van der Waals surface area (Å²) in [5, 5.41) is 21.9. The molecular formula is C24H18Cl2N6O3. The van der Waals surface area contributed by atoms with E-state index in [0.29, 0.717) is 11.0 Å². The number of anilines is 2. The number of aromatic nitrogens is 3. The first-order valence-corrected chi connectivity index (χ1v) is 10.7. The second kappa shape index (κ2) is 9.96. The number of nitrogens with zero attached hydrogens (tertiary/aromatic N) is 4. The quantitative estimate of drug-likeness (QED) is 0.269. The molecule has 35 heavy (non-hydrogen) atoms. The number of carbonyl (C=O) groups is 1. The Morgan fingerprint density at radius 2 is 1.71 bits per heavy atom. The molecule has 0 spiro atoms. The van der Waals surface area contributed by atoms with Crippen LogP contribution in [-0.4, -0.2) is 25.6 Å². The van der Waals surface area contributed by atoms with Crippen LogP contribution in [0.15, 0.2) is 84.9 Å². The summed E-state index contributed by atoms with van der Waals surface area (Å²) in [6, 6.07) is 22.3. The summed E-state index contributed by atoms with van der Waals surface area (Å²) >= 11 is 6.04. The summed E-state index contributed by atoms with van der Waals surface area (Å²) in [5.41, 5.74) is 2.92. The van der Waals surface area contributed by atoms with Crippen molar-refractivity contribution in [1.82, 2.24) is 14.8 Å². The Labute approximate surface area is 211 Å². The van der Waals surface area contributed by atoms with Crippen LogP contribution in [0, 0.1) is 10.1 Å². The van der Waals surface area contributed by atoms with Gasteiger partial charge in [-0.05, 0) is 41.5 Å². The Bertz CT molecular complexity index is 1400. The van der Waals surface area contributed by atoms with E-state index in [9.17, 15) is 14.9 Å². The Kier molecular flexibility index (Phi) is 6.81. The molecule has 176 valence electrons. The lowest BCUT2D eigenvalue weighted by Gasteiger charge is -2.24. The number of benzene rings is 3. The fourth-order valence-electron chi connectivity index (χ4n) is 3.64. The summed E-state index contributed by atoms with van der Waals surface area (Å²) in [4.78, 5) is 27.4. The monoisotopic (exact) mass is 508 g/mol. The number of allylic oxidation sites excluding steroid dienone is 1. The molecule has 2 N–H and O–H groups in total. The molecule has 9 nitrogen and oxygen atoms in total. The minimum Gasteiger partial charge on any atom is -0.324 e. The van der Waals surface area contributed by atoms with Gasteiger partial charge in [0.2, 0.25) is 5.95 Å². The van der Waals surface area contributed by atoms with Gasteiger partial charge < -0.3 is 5.32 Å². The van der Waals surface area contributed by atoms with E-state index in [1.807, 2.05) is 60.7 Å². The number of carbonyl (C=O) groups excluding carboxylic acids is 1. The summed E-state index contributed by atoms with van der Waals surface area (Å²) in [5.74, 6) is 0.0952. The van der Waals surface area contributed by atoms with Gasteiger partial charge in [-0.2, -0.15) is 4.98 Å². The molecule has 1 amide bonds. The van der Waals surface area contributed by atoms with E-state index in [1.54, 1.807) is 4.68 Å². The predicted octanol–water partition coefficient (Wildman–Crippen LogP) is 5.57. The van der Waals surface area contributed by atoms with Crippen molar-refractivity contribution in [3.63, 3.8) is 0 Å². The number of rotatable bonds is 5. The molecule has 1 aliphatic rings. The predicted molar refractivity (Wildman–Crippen MR) is 136 cm³/mol. The lowest BCUT2D eigenvalue weighted by Crippen LogP contribution is -2.20. The molecule has 11 heteroatoms. The zero-order chi connectivity index (χ0) is 23.7. The molecule has 0 aliphatic carbocycles.